The van der Waals surface area contributed by atoms with Crippen LogP contribution in [0.3, 0.4) is 0 Å². The Morgan fingerprint density at radius 2 is 2.05 bits per heavy atom. The van der Waals surface area contributed by atoms with Crippen molar-refractivity contribution in [2.24, 2.45) is 0 Å². The average molecular weight is 296 g/mol. The van der Waals surface area contributed by atoms with Crippen LogP contribution in [0.2, 0.25) is 5.15 Å². The van der Waals surface area contributed by atoms with E-state index in [1.165, 1.54) is 0 Å². The zero-order chi connectivity index (χ0) is 13.2. The number of halogens is 1. The third-order valence-electron chi connectivity index (χ3n) is 3.23. The van der Waals surface area contributed by atoms with Crippen LogP contribution in [0.25, 0.3) is 11.0 Å². The smallest absolute Gasteiger partial charge is 0.165 e. The number of para-hydroxylation sites is 2. The molecule has 0 aliphatic carbocycles. The van der Waals surface area contributed by atoms with Crippen LogP contribution in [0.4, 0.5) is 0 Å². The first-order valence-electron chi connectivity index (χ1n) is 6.28. The molecule has 19 heavy (non-hydrogen) atoms. The van der Waals surface area contributed by atoms with Crippen LogP contribution in [0.1, 0.15) is 12.8 Å². The zero-order valence-corrected chi connectivity index (χ0v) is 11.9. The highest BCUT2D eigenvalue weighted by Crippen LogP contribution is 2.21. The van der Waals surface area contributed by atoms with Crippen LogP contribution in [-0.4, -0.2) is 32.5 Å². The second kappa shape index (κ2) is 5.53. The SMILES string of the molecule is O=[S@@](C[C@@H]1CCCN1)c1nc2ccccc2nc1Cl. The number of hydrogen-bond acceptors (Lipinski definition) is 4. The summed E-state index contributed by atoms with van der Waals surface area (Å²) in [6, 6.07) is 7.76. The molecule has 1 fully saturated rings. The molecule has 1 aliphatic rings. The van der Waals surface area contributed by atoms with Crippen LogP contribution >= 0.6 is 11.6 Å². The summed E-state index contributed by atoms with van der Waals surface area (Å²) in [6.45, 7) is 0.999. The van der Waals surface area contributed by atoms with E-state index in [1.807, 2.05) is 24.3 Å². The molecule has 1 saturated heterocycles. The Hall–Kier alpha value is -1.04. The van der Waals surface area contributed by atoms with E-state index in [9.17, 15) is 4.21 Å². The maximum Gasteiger partial charge on any atom is 0.165 e. The molecule has 0 spiro atoms. The van der Waals surface area contributed by atoms with Gasteiger partial charge in [0.2, 0.25) is 0 Å². The molecule has 2 atom stereocenters. The normalized spacial score (nSPS) is 20.8. The molecule has 2 heterocycles. The average Bonchev–Trinajstić information content (AvgIpc) is 2.90. The van der Waals surface area contributed by atoms with Gasteiger partial charge in [-0.2, -0.15) is 0 Å². The lowest BCUT2D eigenvalue weighted by molar-refractivity contribution is 0.641. The predicted molar refractivity (Wildman–Crippen MR) is 76.8 cm³/mol. The van der Waals surface area contributed by atoms with Crippen LogP contribution in [0.15, 0.2) is 29.3 Å². The molecule has 1 aromatic carbocycles. The highest BCUT2D eigenvalue weighted by atomic mass is 35.5. The molecule has 0 radical (unpaired) electrons. The van der Waals surface area contributed by atoms with E-state index in [0.29, 0.717) is 16.8 Å². The highest BCUT2D eigenvalue weighted by Gasteiger charge is 2.21. The quantitative estimate of drug-likeness (QED) is 0.942. The lowest BCUT2D eigenvalue weighted by Gasteiger charge is -2.10. The first-order valence-corrected chi connectivity index (χ1v) is 7.98. The van der Waals surface area contributed by atoms with Gasteiger partial charge in [0.25, 0.3) is 0 Å². The van der Waals surface area contributed by atoms with Crippen molar-refractivity contribution in [3.05, 3.63) is 29.4 Å². The van der Waals surface area contributed by atoms with Crippen molar-refractivity contribution >= 4 is 33.4 Å². The summed E-state index contributed by atoms with van der Waals surface area (Å²) in [5.41, 5.74) is 1.46. The molecule has 0 amide bonds. The maximum atomic E-state index is 12.3. The van der Waals surface area contributed by atoms with Gasteiger partial charge in [-0.1, -0.05) is 23.7 Å². The van der Waals surface area contributed by atoms with Crippen LogP contribution < -0.4 is 5.32 Å². The largest absolute Gasteiger partial charge is 0.313 e. The van der Waals surface area contributed by atoms with E-state index in [1.54, 1.807) is 0 Å². The second-order valence-electron chi connectivity index (χ2n) is 4.61. The van der Waals surface area contributed by atoms with E-state index in [0.717, 1.165) is 30.4 Å². The van der Waals surface area contributed by atoms with E-state index in [-0.39, 0.29) is 5.15 Å². The molecule has 4 nitrogen and oxygen atoms in total. The summed E-state index contributed by atoms with van der Waals surface area (Å²) in [5.74, 6) is 0.548. The molecule has 1 aromatic heterocycles. The fourth-order valence-corrected chi connectivity index (χ4v) is 3.90. The van der Waals surface area contributed by atoms with Gasteiger partial charge in [-0.05, 0) is 31.5 Å². The number of nitrogens with one attached hydrogen (secondary N) is 1. The Morgan fingerprint density at radius 3 is 2.74 bits per heavy atom. The number of hydrogen-bond donors (Lipinski definition) is 1. The van der Waals surface area contributed by atoms with Gasteiger partial charge >= 0.3 is 0 Å². The number of fused-ring (bicyclic) bond motifs is 1. The molecule has 1 N–H and O–H groups in total. The van der Waals surface area contributed by atoms with Crippen LogP contribution in [-0.2, 0) is 10.8 Å². The van der Waals surface area contributed by atoms with Gasteiger partial charge in [0.05, 0.1) is 21.8 Å². The van der Waals surface area contributed by atoms with E-state index >= 15 is 0 Å². The minimum Gasteiger partial charge on any atom is -0.313 e. The zero-order valence-electron chi connectivity index (χ0n) is 10.3. The van der Waals surface area contributed by atoms with E-state index in [4.69, 9.17) is 11.6 Å². The molecule has 0 bridgehead atoms. The summed E-state index contributed by atoms with van der Waals surface area (Å²) in [7, 11) is -1.21. The highest BCUT2D eigenvalue weighted by molar-refractivity contribution is 7.85. The summed E-state index contributed by atoms with van der Waals surface area (Å²) in [5, 5.41) is 3.97. The monoisotopic (exact) mass is 295 g/mol. The number of benzene rings is 1. The molecule has 0 unspecified atom stereocenters. The molecule has 6 heteroatoms. The molecule has 2 aromatic rings. The summed E-state index contributed by atoms with van der Waals surface area (Å²) in [4.78, 5) is 8.66. The summed E-state index contributed by atoms with van der Waals surface area (Å²) < 4.78 is 12.3. The molecular weight excluding hydrogens is 282 g/mol. The van der Waals surface area contributed by atoms with Crippen molar-refractivity contribution in [1.82, 2.24) is 15.3 Å². The molecular formula is C13H14ClN3OS. The first kappa shape index (κ1) is 13.0. The Labute approximate surface area is 119 Å². The fourth-order valence-electron chi connectivity index (χ4n) is 2.27. The van der Waals surface area contributed by atoms with Gasteiger partial charge in [-0.15, -0.1) is 0 Å². The Balaban J connectivity index is 1.90. The Kier molecular flexibility index (Phi) is 3.77. The molecule has 0 saturated carbocycles. The molecule has 100 valence electrons. The Morgan fingerprint density at radius 1 is 1.32 bits per heavy atom. The second-order valence-corrected chi connectivity index (χ2v) is 6.38. The van der Waals surface area contributed by atoms with Crippen molar-refractivity contribution in [3.63, 3.8) is 0 Å². The topological polar surface area (TPSA) is 54.9 Å². The predicted octanol–water partition coefficient (Wildman–Crippen LogP) is 2.14. The van der Waals surface area contributed by atoms with Crippen molar-refractivity contribution in [2.75, 3.05) is 12.3 Å². The van der Waals surface area contributed by atoms with Crippen LogP contribution in [0.5, 0.6) is 0 Å². The van der Waals surface area contributed by atoms with Gasteiger partial charge in [0, 0.05) is 11.8 Å². The number of rotatable bonds is 3. The molecule has 3 rings (SSSR count). The standard InChI is InChI=1S/C13H14ClN3OS/c14-12-13(19(18)8-9-4-3-7-15-9)17-11-6-2-1-5-10(11)16-12/h1-2,5-6,9,15H,3-4,7-8H2/t9-,19-/m0/s1. The van der Waals surface area contributed by atoms with Crippen molar-refractivity contribution < 1.29 is 4.21 Å². The lowest BCUT2D eigenvalue weighted by atomic mass is 10.3. The van der Waals surface area contributed by atoms with Crippen LogP contribution in [0, 0.1) is 0 Å². The first-order chi connectivity index (χ1) is 9.24. The van der Waals surface area contributed by atoms with Crippen molar-refractivity contribution in [2.45, 2.75) is 23.9 Å². The van der Waals surface area contributed by atoms with E-state index < -0.39 is 10.8 Å². The summed E-state index contributed by atoms with van der Waals surface area (Å²) >= 11 is 6.10. The minimum absolute atomic E-state index is 0.245. The van der Waals surface area contributed by atoms with Gasteiger partial charge in [-0.3, -0.25) is 4.21 Å². The number of aromatic nitrogens is 2. The van der Waals surface area contributed by atoms with Gasteiger partial charge < -0.3 is 5.32 Å². The number of nitrogens with zero attached hydrogens (tertiary/aromatic N) is 2. The van der Waals surface area contributed by atoms with Gasteiger partial charge in [0.15, 0.2) is 10.2 Å². The van der Waals surface area contributed by atoms with Crippen molar-refractivity contribution in [1.29, 1.82) is 0 Å². The Bertz CT molecular complexity index is 628. The fraction of sp³-hybridized carbons (Fsp3) is 0.385. The summed E-state index contributed by atoms with van der Waals surface area (Å²) in [6.07, 6.45) is 2.20. The lowest BCUT2D eigenvalue weighted by Crippen LogP contribution is -2.27. The van der Waals surface area contributed by atoms with E-state index in [2.05, 4.69) is 15.3 Å². The minimum atomic E-state index is -1.21. The van der Waals surface area contributed by atoms with Crippen molar-refractivity contribution in [3.8, 4) is 0 Å². The van der Waals surface area contributed by atoms with Gasteiger partial charge in [0.1, 0.15) is 0 Å². The maximum absolute atomic E-state index is 12.3. The molecule has 1 aliphatic heterocycles. The third kappa shape index (κ3) is 2.78. The third-order valence-corrected chi connectivity index (χ3v) is 5.03. The van der Waals surface area contributed by atoms with Gasteiger partial charge in [-0.25, -0.2) is 9.97 Å².